The number of hydrogen-bond acceptors (Lipinski definition) is 7. The van der Waals surface area contributed by atoms with Gasteiger partial charge in [0.15, 0.2) is 11.5 Å². The Morgan fingerprint density at radius 2 is 1.79 bits per heavy atom. The van der Waals surface area contributed by atoms with Crippen LogP contribution in [0.1, 0.15) is 5.69 Å². The normalized spacial score (nSPS) is 15.2. The van der Waals surface area contributed by atoms with Crippen molar-refractivity contribution in [1.82, 2.24) is 34.7 Å². The number of fused-ring (bicyclic) bond motifs is 1. The molecule has 0 saturated carbocycles. The van der Waals surface area contributed by atoms with Gasteiger partial charge in [0, 0.05) is 48.8 Å². The molecule has 0 unspecified atom stereocenters. The third-order valence-electron chi connectivity index (χ3n) is 5.41. The summed E-state index contributed by atoms with van der Waals surface area (Å²) in [6, 6.07) is 8.46. The van der Waals surface area contributed by atoms with E-state index in [0.29, 0.717) is 11.5 Å². The Morgan fingerprint density at radius 3 is 2.52 bits per heavy atom. The molecule has 1 aliphatic rings. The van der Waals surface area contributed by atoms with Crippen molar-refractivity contribution in [2.75, 3.05) is 43.4 Å². The zero-order valence-corrected chi connectivity index (χ0v) is 16.5. The van der Waals surface area contributed by atoms with Gasteiger partial charge in [-0.25, -0.2) is 14.5 Å². The molecule has 0 aliphatic carbocycles. The molecular formula is C20H23N9. The maximum Gasteiger partial charge on any atom is 0.199 e. The third kappa shape index (κ3) is 3.29. The number of hydrogen-bond donors (Lipinski definition) is 2. The zero-order valence-electron chi connectivity index (χ0n) is 16.5. The van der Waals surface area contributed by atoms with Crippen molar-refractivity contribution in [3.05, 3.63) is 48.7 Å². The summed E-state index contributed by atoms with van der Waals surface area (Å²) in [6.45, 7) is 6.27. The standard InChI is InChI=1S/C20H23N9/c1-14-17(11-23-26-14)18-12-21-19(20-22-13-24-29(18)20)25-15-3-5-16(6-4-15)28-9-7-27(2)8-10-28/h3-6,11-13H,7-10H2,1-2H3,(H,21,25)(H,23,26). The summed E-state index contributed by atoms with van der Waals surface area (Å²) >= 11 is 0. The molecule has 2 N–H and O–H groups in total. The number of nitrogens with one attached hydrogen (secondary N) is 2. The second-order valence-corrected chi connectivity index (χ2v) is 7.36. The van der Waals surface area contributed by atoms with E-state index in [-0.39, 0.29) is 0 Å². The lowest BCUT2D eigenvalue weighted by atomic mass is 10.2. The Morgan fingerprint density at radius 1 is 1.00 bits per heavy atom. The molecule has 3 aromatic heterocycles. The van der Waals surface area contributed by atoms with E-state index in [1.54, 1.807) is 16.9 Å². The highest BCUT2D eigenvalue weighted by Gasteiger charge is 2.16. The Balaban J connectivity index is 1.40. The van der Waals surface area contributed by atoms with E-state index in [9.17, 15) is 0 Å². The van der Waals surface area contributed by atoms with Gasteiger partial charge in [-0.3, -0.25) is 5.10 Å². The largest absolute Gasteiger partial charge is 0.369 e. The van der Waals surface area contributed by atoms with Crippen LogP contribution in [-0.2, 0) is 0 Å². The van der Waals surface area contributed by atoms with E-state index in [0.717, 1.165) is 48.8 Å². The number of aromatic nitrogens is 6. The molecule has 4 heterocycles. The van der Waals surface area contributed by atoms with Crippen LogP contribution in [0.4, 0.5) is 17.2 Å². The smallest absolute Gasteiger partial charge is 0.199 e. The fourth-order valence-corrected chi connectivity index (χ4v) is 3.66. The number of H-pyrrole nitrogens is 1. The summed E-state index contributed by atoms with van der Waals surface area (Å²) in [5, 5.41) is 14.8. The van der Waals surface area contributed by atoms with Crippen LogP contribution in [0.15, 0.2) is 43.0 Å². The van der Waals surface area contributed by atoms with Crippen molar-refractivity contribution in [3.63, 3.8) is 0 Å². The molecule has 1 saturated heterocycles. The summed E-state index contributed by atoms with van der Waals surface area (Å²) < 4.78 is 1.78. The lowest BCUT2D eigenvalue weighted by molar-refractivity contribution is 0.313. The molecule has 0 bridgehead atoms. The molecule has 0 atom stereocenters. The molecule has 1 fully saturated rings. The van der Waals surface area contributed by atoms with E-state index >= 15 is 0 Å². The topological polar surface area (TPSA) is 90.3 Å². The number of anilines is 3. The minimum Gasteiger partial charge on any atom is -0.369 e. The number of likely N-dealkylation sites (N-methyl/N-ethyl adjacent to an activating group) is 1. The van der Waals surface area contributed by atoms with Gasteiger partial charge < -0.3 is 15.1 Å². The van der Waals surface area contributed by atoms with Gasteiger partial charge in [0.25, 0.3) is 0 Å². The molecule has 1 aliphatic heterocycles. The van der Waals surface area contributed by atoms with Gasteiger partial charge in [-0.2, -0.15) is 10.2 Å². The van der Waals surface area contributed by atoms with Crippen molar-refractivity contribution in [2.45, 2.75) is 6.92 Å². The maximum absolute atomic E-state index is 4.60. The molecule has 0 spiro atoms. The average molecular weight is 389 g/mol. The van der Waals surface area contributed by atoms with Gasteiger partial charge in [-0.1, -0.05) is 0 Å². The fraction of sp³-hybridized carbons (Fsp3) is 0.300. The van der Waals surface area contributed by atoms with Crippen LogP contribution in [0.25, 0.3) is 16.9 Å². The van der Waals surface area contributed by atoms with Crippen LogP contribution in [0, 0.1) is 6.92 Å². The number of aryl methyl sites for hydroxylation is 1. The molecule has 4 aromatic rings. The highest BCUT2D eigenvalue weighted by atomic mass is 15.3. The van der Waals surface area contributed by atoms with Crippen LogP contribution in [0.2, 0.25) is 0 Å². The first kappa shape index (κ1) is 17.6. The van der Waals surface area contributed by atoms with Gasteiger partial charge in [-0.05, 0) is 38.2 Å². The molecule has 1 aromatic carbocycles. The van der Waals surface area contributed by atoms with Crippen LogP contribution in [0.5, 0.6) is 0 Å². The minimum atomic E-state index is 0.666. The number of benzene rings is 1. The highest BCUT2D eigenvalue weighted by molar-refractivity contribution is 5.74. The predicted molar refractivity (Wildman–Crippen MR) is 113 cm³/mol. The first-order chi connectivity index (χ1) is 14.2. The zero-order chi connectivity index (χ0) is 19.8. The number of aromatic amines is 1. The number of piperazine rings is 1. The summed E-state index contributed by atoms with van der Waals surface area (Å²) in [7, 11) is 2.17. The minimum absolute atomic E-state index is 0.666. The molecule has 9 heteroatoms. The van der Waals surface area contributed by atoms with Crippen LogP contribution in [0.3, 0.4) is 0 Å². The van der Waals surface area contributed by atoms with E-state index in [4.69, 9.17) is 0 Å². The first-order valence-electron chi connectivity index (χ1n) is 9.69. The molecule has 29 heavy (non-hydrogen) atoms. The monoisotopic (exact) mass is 389 g/mol. The maximum atomic E-state index is 4.60. The van der Waals surface area contributed by atoms with Gasteiger partial charge >= 0.3 is 0 Å². The van der Waals surface area contributed by atoms with E-state index in [1.165, 1.54) is 12.0 Å². The van der Waals surface area contributed by atoms with Crippen molar-refractivity contribution in [1.29, 1.82) is 0 Å². The van der Waals surface area contributed by atoms with Crippen molar-refractivity contribution < 1.29 is 0 Å². The molecule has 0 amide bonds. The molecule has 9 nitrogen and oxygen atoms in total. The van der Waals surface area contributed by atoms with Gasteiger partial charge in [0.1, 0.15) is 6.33 Å². The van der Waals surface area contributed by atoms with Crippen molar-refractivity contribution in [3.8, 4) is 11.3 Å². The average Bonchev–Trinajstić information content (AvgIpc) is 3.39. The summed E-state index contributed by atoms with van der Waals surface area (Å²) in [5.74, 6) is 0.666. The molecular weight excluding hydrogens is 366 g/mol. The van der Waals surface area contributed by atoms with Crippen LogP contribution in [-0.4, -0.2) is 67.9 Å². The lowest BCUT2D eigenvalue weighted by Gasteiger charge is -2.34. The van der Waals surface area contributed by atoms with Gasteiger partial charge in [0.2, 0.25) is 0 Å². The molecule has 0 radical (unpaired) electrons. The number of rotatable bonds is 4. The van der Waals surface area contributed by atoms with Crippen molar-refractivity contribution >= 4 is 22.8 Å². The molecule has 5 rings (SSSR count). The summed E-state index contributed by atoms with van der Waals surface area (Å²) in [4.78, 5) is 13.8. The SMILES string of the molecule is Cc1[nH]ncc1-c1cnc(Nc2ccc(N3CCN(C)CC3)cc2)c2ncnn12. The Kier molecular flexibility index (Phi) is 4.36. The van der Waals surface area contributed by atoms with E-state index < -0.39 is 0 Å². The second kappa shape index (κ2) is 7.17. The lowest BCUT2D eigenvalue weighted by Crippen LogP contribution is -2.44. The fourth-order valence-electron chi connectivity index (χ4n) is 3.66. The van der Waals surface area contributed by atoms with Gasteiger partial charge in [0.05, 0.1) is 18.1 Å². The predicted octanol–water partition coefficient (Wildman–Crippen LogP) is 2.32. The van der Waals surface area contributed by atoms with Crippen LogP contribution >= 0.6 is 0 Å². The highest BCUT2D eigenvalue weighted by Crippen LogP contribution is 2.26. The summed E-state index contributed by atoms with van der Waals surface area (Å²) in [5.41, 5.74) is 5.65. The first-order valence-corrected chi connectivity index (χ1v) is 9.69. The van der Waals surface area contributed by atoms with Crippen molar-refractivity contribution in [2.24, 2.45) is 0 Å². The Hall–Kier alpha value is -3.46. The van der Waals surface area contributed by atoms with Crippen LogP contribution < -0.4 is 10.2 Å². The summed E-state index contributed by atoms with van der Waals surface area (Å²) in [6.07, 6.45) is 5.11. The Bertz CT molecular complexity index is 1120. The third-order valence-corrected chi connectivity index (χ3v) is 5.41. The quantitative estimate of drug-likeness (QED) is 0.553. The van der Waals surface area contributed by atoms with E-state index in [2.05, 4.69) is 71.7 Å². The van der Waals surface area contributed by atoms with E-state index in [1.807, 2.05) is 6.92 Å². The number of nitrogens with zero attached hydrogens (tertiary/aromatic N) is 7. The second-order valence-electron chi connectivity index (χ2n) is 7.36. The van der Waals surface area contributed by atoms with Gasteiger partial charge in [-0.15, -0.1) is 0 Å². The molecule has 148 valence electrons. The Labute approximate surface area is 168 Å².